The van der Waals surface area contributed by atoms with E-state index in [1.807, 2.05) is 0 Å². The second kappa shape index (κ2) is 13.9. The van der Waals surface area contributed by atoms with Crippen LogP contribution in [-0.2, 0) is 9.47 Å². The van der Waals surface area contributed by atoms with E-state index in [1.165, 1.54) is 135 Å². The standard InChI is InChI=1S/C39H70O2/c1-7-8-9-10-11-12-13-14-15-16-26-40-31-22-25-38(6)35-23-24-37(5)33(30(4)19-17-18-29(2)3)20-21-34(37)32(35)27-36-39(38,28-31)41-36/h29-36H,7-28H2,1-6H3/t30-,31+,32+,33-,34+,35+,36+,37-,38-,39+/m1/s1. The van der Waals surface area contributed by atoms with Gasteiger partial charge in [-0.2, -0.15) is 0 Å². The lowest BCUT2D eigenvalue weighted by molar-refractivity contribution is -0.125. The van der Waals surface area contributed by atoms with Gasteiger partial charge in [0.2, 0.25) is 0 Å². The Labute approximate surface area is 256 Å². The summed E-state index contributed by atoms with van der Waals surface area (Å²) < 4.78 is 13.4. The Balaban J connectivity index is 1.07. The van der Waals surface area contributed by atoms with Gasteiger partial charge < -0.3 is 9.47 Å². The van der Waals surface area contributed by atoms with Crippen molar-refractivity contribution in [3.63, 3.8) is 0 Å². The van der Waals surface area contributed by atoms with Gasteiger partial charge >= 0.3 is 0 Å². The summed E-state index contributed by atoms with van der Waals surface area (Å²) in [5, 5.41) is 0. The zero-order valence-corrected chi connectivity index (χ0v) is 28.5. The van der Waals surface area contributed by atoms with Crippen LogP contribution in [0.25, 0.3) is 0 Å². The van der Waals surface area contributed by atoms with E-state index in [4.69, 9.17) is 9.47 Å². The summed E-state index contributed by atoms with van der Waals surface area (Å²) in [6, 6.07) is 0. The highest BCUT2D eigenvalue weighted by molar-refractivity contribution is 5.24. The molecule has 4 aliphatic carbocycles. The van der Waals surface area contributed by atoms with Crippen molar-refractivity contribution in [1.29, 1.82) is 0 Å². The number of rotatable bonds is 17. The predicted molar refractivity (Wildman–Crippen MR) is 174 cm³/mol. The second-order valence-electron chi connectivity index (χ2n) is 17.0. The monoisotopic (exact) mass is 571 g/mol. The number of unbranched alkanes of at least 4 members (excludes halogenated alkanes) is 9. The Morgan fingerprint density at radius 2 is 1.46 bits per heavy atom. The summed E-state index contributed by atoms with van der Waals surface area (Å²) in [4.78, 5) is 0. The van der Waals surface area contributed by atoms with E-state index in [9.17, 15) is 0 Å². The molecule has 0 bridgehead atoms. The predicted octanol–water partition coefficient (Wildman–Crippen LogP) is 11.5. The van der Waals surface area contributed by atoms with Crippen LogP contribution in [0.3, 0.4) is 0 Å². The number of epoxide rings is 1. The molecule has 0 unspecified atom stereocenters. The van der Waals surface area contributed by atoms with E-state index < -0.39 is 0 Å². The van der Waals surface area contributed by atoms with E-state index >= 15 is 0 Å². The van der Waals surface area contributed by atoms with Crippen LogP contribution in [0.4, 0.5) is 0 Å². The van der Waals surface area contributed by atoms with Gasteiger partial charge in [0.15, 0.2) is 0 Å². The average molecular weight is 571 g/mol. The average Bonchev–Trinajstić information content (AvgIpc) is 3.52. The van der Waals surface area contributed by atoms with Crippen LogP contribution in [0.1, 0.15) is 176 Å². The highest BCUT2D eigenvalue weighted by Crippen LogP contribution is 2.74. The fraction of sp³-hybridized carbons (Fsp3) is 1.00. The van der Waals surface area contributed by atoms with Gasteiger partial charge in [-0.05, 0) is 92.3 Å². The van der Waals surface area contributed by atoms with Crippen molar-refractivity contribution in [2.24, 2.45) is 46.3 Å². The molecule has 41 heavy (non-hydrogen) atoms. The fourth-order valence-corrected chi connectivity index (χ4v) is 11.6. The molecule has 0 N–H and O–H groups in total. The zero-order valence-electron chi connectivity index (χ0n) is 28.5. The SMILES string of the molecule is CCCCCCCCCCCCO[C@H]1CC[C@]2(C)[C@H]3CC[C@]4(C)[C@@H]([C@H](C)CCCC(C)C)CC[C@H]4[C@@H]3C[C@@H]3O[C@@]32C1. The van der Waals surface area contributed by atoms with Gasteiger partial charge in [0.05, 0.1) is 12.2 Å². The molecule has 5 rings (SSSR count). The van der Waals surface area contributed by atoms with Crippen LogP contribution >= 0.6 is 0 Å². The zero-order chi connectivity index (χ0) is 29.1. The summed E-state index contributed by atoms with van der Waals surface area (Å²) >= 11 is 0. The molecule has 0 radical (unpaired) electrons. The molecule has 5 aliphatic rings. The molecule has 5 fully saturated rings. The molecular weight excluding hydrogens is 500 g/mol. The molecule has 1 saturated heterocycles. The van der Waals surface area contributed by atoms with E-state index in [0.717, 1.165) is 42.1 Å². The maximum absolute atomic E-state index is 6.85. The minimum atomic E-state index is 0.157. The summed E-state index contributed by atoms with van der Waals surface area (Å²) in [6.45, 7) is 16.1. The van der Waals surface area contributed by atoms with Gasteiger partial charge in [0, 0.05) is 18.4 Å². The maximum Gasteiger partial charge on any atom is 0.103 e. The van der Waals surface area contributed by atoms with Crippen LogP contribution in [-0.4, -0.2) is 24.4 Å². The van der Waals surface area contributed by atoms with Gasteiger partial charge in [0.25, 0.3) is 0 Å². The van der Waals surface area contributed by atoms with E-state index in [1.54, 1.807) is 0 Å². The fourth-order valence-electron chi connectivity index (χ4n) is 11.6. The third-order valence-electron chi connectivity index (χ3n) is 14.1. The van der Waals surface area contributed by atoms with Crippen molar-refractivity contribution < 1.29 is 9.47 Å². The summed E-state index contributed by atoms with van der Waals surface area (Å²) in [6.07, 6.45) is 30.3. The molecule has 4 saturated carbocycles. The molecule has 2 nitrogen and oxygen atoms in total. The van der Waals surface area contributed by atoms with Crippen molar-refractivity contribution in [3.05, 3.63) is 0 Å². The van der Waals surface area contributed by atoms with Crippen molar-refractivity contribution in [3.8, 4) is 0 Å². The van der Waals surface area contributed by atoms with Gasteiger partial charge in [-0.25, -0.2) is 0 Å². The minimum absolute atomic E-state index is 0.157. The van der Waals surface area contributed by atoms with Crippen molar-refractivity contribution in [2.75, 3.05) is 6.61 Å². The Bertz CT molecular complexity index is 807. The first-order chi connectivity index (χ1) is 19.7. The van der Waals surface area contributed by atoms with Gasteiger partial charge in [-0.15, -0.1) is 0 Å². The van der Waals surface area contributed by atoms with Crippen molar-refractivity contribution in [2.45, 2.75) is 194 Å². The van der Waals surface area contributed by atoms with E-state index in [2.05, 4.69) is 41.5 Å². The molecule has 0 aromatic rings. The van der Waals surface area contributed by atoms with Gasteiger partial charge in [-0.1, -0.05) is 119 Å². The van der Waals surface area contributed by atoms with Crippen molar-refractivity contribution >= 4 is 0 Å². The van der Waals surface area contributed by atoms with Crippen LogP contribution in [0.2, 0.25) is 0 Å². The number of hydrogen-bond donors (Lipinski definition) is 0. The Kier molecular flexibility index (Phi) is 11.0. The lowest BCUT2D eigenvalue weighted by Gasteiger charge is -2.59. The maximum atomic E-state index is 6.85. The quantitative estimate of drug-likeness (QED) is 0.128. The van der Waals surface area contributed by atoms with Crippen LogP contribution in [0.5, 0.6) is 0 Å². The summed E-state index contributed by atoms with van der Waals surface area (Å²) in [5.74, 6) is 5.46. The molecular formula is C39H70O2. The Morgan fingerprint density at radius 1 is 0.756 bits per heavy atom. The number of ether oxygens (including phenoxy) is 2. The number of hydrogen-bond acceptors (Lipinski definition) is 2. The number of fused-ring (bicyclic) bond motifs is 4. The minimum Gasteiger partial charge on any atom is -0.378 e. The molecule has 10 atom stereocenters. The Hall–Kier alpha value is -0.0800. The molecule has 0 aromatic carbocycles. The molecule has 2 heteroatoms. The first-order valence-corrected chi connectivity index (χ1v) is 19.0. The highest BCUT2D eigenvalue weighted by Gasteiger charge is 2.76. The highest BCUT2D eigenvalue weighted by atomic mass is 16.6. The van der Waals surface area contributed by atoms with Gasteiger partial charge in [0.1, 0.15) is 5.60 Å². The van der Waals surface area contributed by atoms with E-state index in [0.29, 0.717) is 23.0 Å². The van der Waals surface area contributed by atoms with Crippen molar-refractivity contribution in [1.82, 2.24) is 0 Å². The topological polar surface area (TPSA) is 21.8 Å². The molecule has 1 aliphatic heterocycles. The third kappa shape index (κ3) is 6.65. The first kappa shape index (κ1) is 32.3. The molecule has 238 valence electrons. The second-order valence-corrected chi connectivity index (χ2v) is 17.0. The first-order valence-electron chi connectivity index (χ1n) is 19.0. The molecule has 1 spiro atoms. The lowest BCUT2D eigenvalue weighted by Crippen LogP contribution is -2.58. The lowest BCUT2D eigenvalue weighted by atomic mass is 9.44. The molecule has 0 amide bonds. The summed E-state index contributed by atoms with van der Waals surface area (Å²) in [5.41, 5.74) is 1.13. The smallest absolute Gasteiger partial charge is 0.103 e. The van der Waals surface area contributed by atoms with Crippen LogP contribution in [0, 0.1) is 46.3 Å². The normalized spacial score (nSPS) is 41.9. The molecule has 0 aromatic heterocycles. The summed E-state index contributed by atoms with van der Waals surface area (Å²) in [7, 11) is 0. The van der Waals surface area contributed by atoms with Crippen LogP contribution < -0.4 is 0 Å². The molecule has 1 heterocycles. The third-order valence-corrected chi connectivity index (χ3v) is 14.1. The largest absolute Gasteiger partial charge is 0.378 e. The van der Waals surface area contributed by atoms with Crippen LogP contribution in [0.15, 0.2) is 0 Å². The van der Waals surface area contributed by atoms with Gasteiger partial charge in [-0.3, -0.25) is 0 Å². The van der Waals surface area contributed by atoms with E-state index in [-0.39, 0.29) is 5.60 Å². The Morgan fingerprint density at radius 3 is 2.17 bits per heavy atom.